The molecule has 0 N–H and O–H groups in total. The summed E-state index contributed by atoms with van der Waals surface area (Å²) in [4.78, 5) is 24.1. The van der Waals surface area contributed by atoms with E-state index in [1.54, 1.807) is 43.3 Å². The molecule has 0 fully saturated rings. The summed E-state index contributed by atoms with van der Waals surface area (Å²) in [5, 5.41) is 0.484. The van der Waals surface area contributed by atoms with E-state index >= 15 is 0 Å². The Kier molecular flexibility index (Phi) is 5.77. The molecule has 0 aliphatic heterocycles. The Hall–Kier alpha value is -2.33. The molecule has 23 heavy (non-hydrogen) atoms. The highest BCUT2D eigenvalue weighted by Crippen LogP contribution is 2.24. The van der Waals surface area contributed by atoms with Crippen molar-refractivity contribution in [2.24, 2.45) is 0 Å². The van der Waals surface area contributed by atoms with Gasteiger partial charge in [0, 0.05) is 10.6 Å². The lowest BCUT2D eigenvalue weighted by Gasteiger charge is -2.11. The Labute approximate surface area is 140 Å². The average molecular weight is 333 g/mol. The van der Waals surface area contributed by atoms with Gasteiger partial charge in [0.25, 0.3) is 0 Å². The van der Waals surface area contributed by atoms with Crippen molar-refractivity contribution in [1.82, 2.24) is 0 Å². The topological polar surface area (TPSA) is 52.6 Å². The van der Waals surface area contributed by atoms with Gasteiger partial charge in [0.15, 0.2) is 12.4 Å². The molecule has 2 aromatic carbocycles. The first-order valence-electron chi connectivity index (χ1n) is 7.20. The average Bonchev–Trinajstić information content (AvgIpc) is 2.53. The van der Waals surface area contributed by atoms with Gasteiger partial charge >= 0.3 is 5.97 Å². The molecule has 0 unspecified atom stereocenters. The SMILES string of the molecule is CCOC(=O)COc1ccc(C)cc1C(=O)c1cccc(Cl)c1. The number of esters is 1. The zero-order chi connectivity index (χ0) is 16.8. The molecule has 0 aromatic heterocycles. The Morgan fingerprint density at radius 3 is 2.61 bits per heavy atom. The van der Waals surface area contributed by atoms with Crippen molar-refractivity contribution in [2.45, 2.75) is 13.8 Å². The normalized spacial score (nSPS) is 10.2. The molecule has 0 spiro atoms. The number of rotatable bonds is 6. The molecule has 0 aliphatic carbocycles. The first kappa shape index (κ1) is 17.0. The monoisotopic (exact) mass is 332 g/mol. The van der Waals surface area contributed by atoms with Gasteiger partial charge in [-0.05, 0) is 38.1 Å². The second-order valence-electron chi connectivity index (χ2n) is 4.93. The van der Waals surface area contributed by atoms with Crippen LogP contribution in [0.3, 0.4) is 0 Å². The number of carbonyl (C=O) groups is 2. The van der Waals surface area contributed by atoms with E-state index in [4.69, 9.17) is 21.1 Å². The van der Waals surface area contributed by atoms with Gasteiger partial charge in [0.1, 0.15) is 5.75 Å². The molecule has 4 nitrogen and oxygen atoms in total. The van der Waals surface area contributed by atoms with Crippen molar-refractivity contribution >= 4 is 23.4 Å². The molecule has 0 heterocycles. The number of carbonyl (C=O) groups excluding carboxylic acids is 2. The van der Waals surface area contributed by atoms with Crippen molar-refractivity contribution in [3.8, 4) is 5.75 Å². The van der Waals surface area contributed by atoms with E-state index in [9.17, 15) is 9.59 Å². The van der Waals surface area contributed by atoms with Crippen LogP contribution in [0.25, 0.3) is 0 Å². The minimum absolute atomic E-state index is 0.213. The van der Waals surface area contributed by atoms with Crippen LogP contribution in [0.4, 0.5) is 0 Å². The van der Waals surface area contributed by atoms with Gasteiger partial charge in [0.05, 0.1) is 12.2 Å². The Morgan fingerprint density at radius 2 is 1.91 bits per heavy atom. The highest BCUT2D eigenvalue weighted by atomic mass is 35.5. The zero-order valence-electron chi connectivity index (χ0n) is 13.0. The second-order valence-corrected chi connectivity index (χ2v) is 5.37. The largest absolute Gasteiger partial charge is 0.481 e. The number of hydrogen-bond acceptors (Lipinski definition) is 4. The van der Waals surface area contributed by atoms with Crippen LogP contribution in [-0.2, 0) is 9.53 Å². The summed E-state index contributed by atoms with van der Waals surface area (Å²) >= 11 is 5.94. The summed E-state index contributed by atoms with van der Waals surface area (Å²) in [6, 6.07) is 11.9. The number of halogens is 1. The number of hydrogen-bond donors (Lipinski definition) is 0. The third kappa shape index (κ3) is 4.57. The number of ether oxygens (including phenoxy) is 2. The third-order valence-corrected chi connectivity index (χ3v) is 3.35. The zero-order valence-corrected chi connectivity index (χ0v) is 13.7. The standard InChI is InChI=1S/C18H17ClO4/c1-3-22-17(20)11-23-16-8-7-12(2)9-15(16)18(21)13-5-4-6-14(19)10-13/h4-10H,3,11H2,1-2H3. The van der Waals surface area contributed by atoms with E-state index in [1.807, 2.05) is 13.0 Å². The van der Waals surface area contributed by atoms with Gasteiger partial charge in [0.2, 0.25) is 0 Å². The van der Waals surface area contributed by atoms with Crippen molar-refractivity contribution in [3.63, 3.8) is 0 Å². The molecule has 0 bridgehead atoms. The molecule has 5 heteroatoms. The molecule has 0 saturated heterocycles. The maximum Gasteiger partial charge on any atom is 0.344 e. The summed E-state index contributed by atoms with van der Waals surface area (Å²) in [7, 11) is 0. The molecule has 2 rings (SSSR count). The third-order valence-electron chi connectivity index (χ3n) is 3.12. The molecular formula is C18H17ClO4. The quantitative estimate of drug-likeness (QED) is 0.596. The highest BCUT2D eigenvalue weighted by Gasteiger charge is 2.16. The summed E-state index contributed by atoms with van der Waals surface area (Å²) < 4.78 is 10.3. The molecule has 120 valence electrons. The summed E-state index contributed by atoms with van der Waals surface area (Å²) in [6.45, 7) is 3.64. The van der Waals surface area contributed by atoms with Gasteiger partial charge in [-0.15, -0.1) is 0 Å². The fraction of sp³-hybridized carbons (Fsp3) is 0.222. The molecule has 0 atom stereocenters. The van der Waals surface area contributed by atoms with Crippen LogP contribution < -0.4 is 4.74 Å². The van der Waals surface area contributed by atoms with Gasteiger partial charge in [-0.25, -0.2) is 4.79 Å². The van der Waals surface area contributed by atoms with Gasteiger partial charge in [-0.1, -0.05) is 35.4 Å². The smallest absolute Gasteiger partial charge is 0.344 e. The fourth-order valence-electron chi connectivity index (χ4n) is 2.07. The minimum Gasteiger partial charge on any atom is -0.481 e. The maximum atomic E-state index is 12.7. The Morgan fingerprint density at radius 1 is 1.13 bits per heavy atom. The van der Waals surface area contributed by atoms with Crippen LogP contribution in [0.15, 0.2) is 42.5 Å². The molecule has 0 radical (unpaired) electrons. The predicted octanol–water partition coefficient (Wildman–Crippen LogP) is 3.82. The van der Waals surface area contributed by atoms with Crippen molar-refractivity contribution < 1.29 is 19.1 Å². The van der Waals surface area contributed by atoms with E-state index in [2.05, 4.69) is 0 Å². The Bertz CT molecular complexity index is 725. The number of benzene rings is 2. The lowest BCUT2D eigenvalue weighted by atomic mass is 10.0. The van der Waals surface area contributed by atoms with Crippen LogP contribution in [-0.4, -0.2) is 25.0 Å². The molecular weight excluding hydrogens is 316 g/mol. The first-order chi connectivity index (χ1) is 11.0. The number of aryl methyl sites for hydroxylation is 1. The van der Waals surface area contributed by atoms with Gasteiger partial charge < -0.3 is 9.47 Å². The molecule has 0 aliphatic rings. The molecule has 0 saturated carbocycles. The van der Waals surface area contributed by atoms with E-state index in [0.717, 1.165) is 5.56 Å². The number of ketones is 1. The van der Waals surface area contributed by atoms with Gasteiger partial charge in [-0.3, -0.25) is 4.79 Å². The van der Waals surface area contributed by atoms with E-state index in [-0.39, 0.29) is 19.0 Å². The summed E-state index contributed by atoms with van der Waals surface area (Å²) in [5.74, 6) is -0.349. The van der Waals surface area contributed by atoms with Crippen molar-refractivity contribution in [1.29, 1.82) is 0 Å². The predicted molar refractivity (Wildman–Crippen MR) is 88.2 cm³/mol. The highest BCUT2D eigenvalue weighted by molar-refractivity contribution is 6.31. The van der Waals surface area contributed by atoms with Crippen LogP contribution in [0.5, 0.6) is 5.75 Å². The van der Waals surface area contributed by atoms with E-state index < -0.39 is 5.97 Å². The maximum absolute atomic E-state index is 12.7. The van der Waals surface area contributed by atoms with E-state index in [1.165, 1.54) is 0 Å². The Balaban J connectivity index is 2.28. The molecule has 0 amide bonds. The van der Waals surface area contributed by atoms with Crippen LogP contribution in [0.1, 0.15) is 28.4 Å². The van der Waals surface area contributed by atoms with Gasteiger partial charge in [-0.2, -0.15) is 0 Å². The van der Waals surface area contributed by atoms with Crippen molar-refractivity contribution in [2.75, 3.05) is 13.2 Å². The van der Waals surface area contributed by atoms with Crippen LogP contribution in [0.2, 0.25) is 5.02 Å². The molecule has 2 aromatic rings. The summed E-state index contributed by atoms with van der Waals surface area (Å²) in [6.07, 6.45) is 0. The second kappa shape index (κ2) is 7.79. The lowest BCUT2D eigenvalue weighted by molar-refractivity contribution is -0.145. The first-order valence-corrected chi connectivity index (χ1v) is 7.58. The summed E-state index contributed by atoms with van der Waals surface area (Å²) in [5.41, 5.74) is 1.76. The van der Waals surface area contributed by atoms with E-state index in [0.29, 0.717) is 21.9 Å². The fourth-order valence-corrected chi connectivity index (χ4v) is 2.26. The minimum atomic E-state index is -0.478. The van der Waals surface area contributed by atoms with Crippen molar-refractivity contribution in [3.05, 3.63) is 64.2 Å². The lowest BCUT2D eigenvalue weighted by Crippen LogP contribution is -2.16. The van der Waals surface area contributed by atoms with Crippen LogP contribution >= 0.6 is 11.6 Å². The van der Waals surface area contributed by atoms with Crippen LogP contribution in [0, 0.1) is 6.92 Å².